The van der Waals surface area contributed by atoms with E-state index in [0.717, 1.165) is 6.42 Å². The van der Waals surface area contributed by atoms with Crippen LogP contribution in [-0.2, 0) is 14.8 Å². The first-order valence-electron chi connectivity index (χ1n) is 7.64. The largest absolute Gasteiger partial charge is 0.355 e. The smallest absolute Gasteiger partial charge is 0.251 e. The molecule has 0 unspecified atom stereocenters. The topological polar surface area (TPSA) is 95.6 Å². The quantitative estimate of drug-likeness (QED) is 0.756. The van der Waals surface area contributed by atoms with Gasteiger partial charge in [-0.15, -0.1) is 0 Å². The molecule has 2 amide bonds. The Kier molecular flexibility index (Phi) is 6.06. The zero-order chi connectivity index (χ0) is 17.7. The Morgan fingerprint density at radius 3 is 2.58 bits per heavy atom. The van der Waals surface area contributed by atoms with Crippen molar-refractivity contribution in [2.45, 2.75) is 19.8 Å². The van der Waals surface area contributed by atoms with Gasteiger partial charge in [-0.05, 0) is 31.0 Å². The van der Waals surface area contributed by atoms with Crippen molar-refractivity contribution in [2.24, 2.45) is 0 Å². The third-order valence-corrected chi connectivity index (χ3v) is 5.79. The zero-order valence-corrected chi connectivity index (χ0v) is 14.9. The average Bonchev–Trinajstić information content (AvgIpc) is 2.51. The second-order valence-electron chi connectivity index (χ2n) is 5.50. The number of sulfonamides is 1. The highest BCUT2D eigenvalue weighted by atomic mass is 35.5. The summed E-state index contributed by atoms with van der Waals surface area (Å²) < 4.78 is 25.7. The maximum Gasteiger partial charge on any atom is 0.251 e. The second-order valence-corrected chi connectivity index (χ2v) is 7.92. The number of carbonyl (C=O) groups excluding carboxylic acids is 2. The Hall–Kier alpha value is -1.80. The van der Waals surface area contributed by atoms with Crippen LogP contribution in [0.3, 0.4) is 0 Å². The molecule has 0 spiro atoms. The van der Waals surface area contributed by atoms with Crippen LogP contribution in [0.25, 0.3) is 0 Å². The van der Waals surface area contributed by atoms with Gasteiger partial charge in [0.15, 0.2) is 0 Å². The Balaban J connectivity index is 2.13. The van der Waals surface area contributed by atoms with Crippen molar-refractivity contribution in [3.05, 3.63) is 28.8 Å². The number of anilines is 1. The first kappa shape index (κ1) is 18.5. The Morgan fingerprint density at radius 1 is 1.21 bits per heavy atom. The minimum absolute atomic E-state index is 0.0798. The highest BCUT2D eigenvalue weighted by molar-refractivity contribution is 7.92. The fourth-order valence-electron chi connectivity index (χ4n) is 2.42. The van der Waals surface area contributed by atoms with E-state index in [4.69, 9.17) is 11.6 Å². The summed E-state index contributed by atoms with van der Waals surface area (Å²) in [6.07, 6.45) is 1.38. The summed E-state index contributed by atoms with van der Waals surface area (Å²) in [5.41, 5.74) is 0.642. The lowest BCUT2D eigenvalue weighted by Gasteiger charge is -2.29. The number of halogens is 1. The number of carbonyl (C=O) groups is 2. The van der Waals surface area contributed by atoms with Crippen LogP contribution in [0.2, 0.25) is 5.02 Å². The fraction of sp³-hybridized carbons (Fsp3) is 0.467. The SMILES string of the molecule is CC(=O)NCCNC(=O)c1ccc(Cl)c(N2CCCCS2(=O)=O)c1. The van der Waals surface area contributed by atoms with E-state index in [9.17, 15) is 18.0 Å². The van der Waals surface area contributed by atoms with E-state index in [1.54, 1.807) is 0 Å². The highest BCUT2D eigenvalue weighted by Gasteiger charge is 2.28. The molecule has 0 bridgehead atoms. The van der Waals surface area contributed by atoms with Gasteiger partial charge in [0, 0.05) is 32.1 Å². The first-order valence-corrected chi connectivity index (χ1v) is 9.62. The van der Waals surface area contributed by atoms with Gasteiger partial charge in [-0.3, -0.25) is 13.9 Å². The van der Waals surface area contributed by atoms with Crippen LogP contribution in [0.5, 0.6) is 0 Å². The van der Waals surface area contributed by atoms with Gasteiger partial charge in [0.05, 0.1) is 16.5 Å². The van der Waals surface area contributed by atoms with E-state index in [1.807, 2.05) is 0 Å². The minimum atomic E-state index is -3.40. The molecule has 2 N–H and O–H groups in total. The fourth-order valence-corrected chi connectivity index (χ4v) is 4.34. The lowest BCUT2D eigenvalue weighted by molar-refractivity contribution is -0.118. The van der Waals surface area contributed by atoms with Crippen molar-refractivity contribution in [1.29, 1.82) is 0 Å². The van der Waals surface area contributed by atoms with E-state index < -0.39 is 10.0 Å². The lowest BCUT2D eigenvalue weighted by Crippen LogP contribution is -2.38. The molecule has 0 atom stereocenters. The van der Waals surface area contributed by atoms with Gasteiger partial charge < -0.3 is 10.6 Å². The molecular formula is C15H20ClN3O4S. The van der Waals surface area contributed by atoms with Crippen molar-refractivity contribution < 1.29 is 18.0 Å². The number of hydrogen-bond acceptors (Lipinski definition) is 4. The van der Waals surface area contributed by atoms with Crippen molar-refractivity contribution in [3.63, 3.8) is 0 Å². The first-order chi connectivity index (χ1) is 11.3. The van der Waals surface area contributed by atoms with Gasteiger partial charge in [0.25, 0.3) is 5.91 Å². The normalized spacial score (nSPS) is 16.5. The van der Waals surface area contributed by atoms with Gasteiger partial charge in [-0.1, -0.05) is 11.6 Å². The molecule has 132 valence electrons. The molecule has 1 aliphatic heterocycles. The summed E-state index contributed by atoms with van der Waals surface area (Å²) >= 11 is 6.14. The summed E-state index contributed by atoms with van der Waals surface area (Å²) in [7, 11) is -3.40. The van der Waals surface area contributed by atoms with E-state index in [1.165, 1.54) is 29.4 Å². The summed E-state index contributed by atoms with van der Waals surface area (Å²) in [6, 6.07) is 4.54. The molecule has 0 aliphatic carbocycles. The van der Waals surface area contributed by atoms with E-state index in [-0.39, 0.29) is 29.1 Å². The van der Waals surface area contributed by atoms with Gasteiger partial charge >= 0.3 is 0 Å². The van der Waals surface area contributed by atoms with Crippen LogP contribution in [0.1, 0.15) is 30.1 Å². The molecular weight excluding hydrogens is 354 g/mol. The number of benzene rings is 1. The monoisotopic (exact) mass is 373 g/mol. The van der Waals surface area contributed by atoms with E-state index >= 15 is 0 Å². The summed E-state index contributed by atoms with van der Waals surface area (Å²) in [6.45, 7) is 2.35. The van der Waals surface area contributed by atoms with Crippen molar-refractivity contribution >= 4 is 39.1 Å². The van der Waals surface area contributed by atoms with Gasteiger partial charge in [-0.25, -0.2) is 8.42 Å². The zero-order valence-electron chi connectivity index (χ0n) is 13.3. The maximum atomic E-state index is 12.2. The molecule has 1 aliphatic rings. The molecule has 0 saturated carbocycles. The number of amides is 2. The number of rotatable bonds is 5. The third kappa shape index (κ3) is 4.61. The van der Waals surface area contributed by atoms with Crippen LogP contribution in [0, 0.1) is 0 Å². The molecule has 1 aromatic carbocycles. The molecule has 1 aromatic rings. The van der Waals surface area contributed by atoms with E-state index in [0.29, 0.717) is 30.8 Å². The Morgan fingerprint density at radius 2 is 1.92 bits per heavy atom. The predicted molar refractivity (Wildman–Crippen MR) is 92.8 cm³/mol. The second kappa shape index (κ2) is 7.85. The third-order valence-electron chi connectivity index (χ3n) is 3.61. The summed E-state index contributed by atoms with van der Waals surface area (Å²) in [4.78, 5) is 22.9. The van der Waals surface area contributed by atoms with Crippen molar-refractivity contribution in [2.75, 3.05) is 29.7 Å². The average molecular weight is 374 g/mol. The van der Waals surface area contributed by atoms with E-state index in [2.05, 4.69) is 10.6 Å². The van der Waals surface area contributed by atoms with Crippen molar-refractivity contribution in [1.82, 2.24) is 10.6 Å². The number of nitrogens with one attached hydrogen (secondary N) is 2. The summed E-state index contributed by atoms with van der Waals surface area (Å²) in [5.74, 6) is -0.447. The molecule has 1 heterocycles. The van der Waals surface area contributed by atoms with Crippen LogP contribution < -0.4 is 14.9 Å². The molecule has 7 nitrogen and oxygen atoms in total. The number of nitrogens with zero attached hydrogens (tertiary/aromatic N) is 1. The highest BCUT2D eigenvalue weighted by Crippen LogP contribution is 2.31. The maximum absolute atomic E-state index is 12.2. The van der Waals surface area contributed by atoms with Crippen LogP contribution in [0.15, 0.2) is 18.2 Å². The molecule has 0 aromatic heterocycles. The lowest BCUT2D eigenvalue weighted by atomic mass is 10.2. The Bertz CT molecular complexity index is 736. The summed E-state index contributed by atoms with van der Waals surface area (Å²) in [5, 5.41) is 5.52. The van der Waals surface area contributed by atoms with Crippen LogP contribution >= 0.6 is 11.6 Å². The van der Waals surface area contributed by atoms with Gasteiger partial charge in [0.2, 0.25) is 15.9 Å². The van der Waals surface area contributed by atoms with Gasteiger partial charge in [-0.2, -0.15) is 0 Å². The Labute approximate surface area is 146 Å². The van der Waals surface area contributed by atoms with Gasteiger partial charge in [0.1, 0.15) is 0 Å². The van der Waals surface area contributed by atoms with Crippen molar-refractivity contribution in [3.8, 4) is 0 Å². The molecule has 24 heavy (non-hydrogen) atoms. The number of hydrogen-bond donors (Lipinski definition) is 2. The molecule has 9 heteroatoms. The molecule has 0 radical (unpaired) electrons. The molecule has 1 saturated heterocycles. The standard InChI is InChI=1S/C15H20ClN3O4S/c1-11(20)17-6-7-18-15(21)12-4-5-13(16)14(10-12)19-8-2-3-9-24(19,22)23/h4-5,10H,2-3,6-9H2,1H3,(H,17,20)(H,18,21). The van der Waals surface area contributed by atoms with Crippen LogP contribution in [0.4, 0.5) is 5.69 Å². The van der Waals surface area contributed by atoms with Crippen LogP contribution in [-0.4, -0.2) is 45.6 Å². The predicted octanol–water partition coefficient (Wildman–Crippen LogP) is 1.14. The molecule has 1 fully saturated rings. The minimum Gasteiger partial charge on any atom is -0.355 e. The molecule has 2 rings (SSSR count).